The Morgan fingerprint density at radius 3 is 1.74 bits per heavy atom. The fraction of sp³-hybridized carbons (Fsp3) is 0.500. The van der Waals surface area contributed by atoms with Gasteiger partial charge in [0, 0.05) is 34.6 Å². The third-order valence-electron chi connectivity index (χ3n) is 3.69. The van der Waals surface area contributed by atoms with Crippen LogP contribution in [0.5, 0.6) is 0 Å². The van der Waals surface area contributed by atoms with Crippen molar-refractivity contribution in [3.8, 4) is 11.1 Å². The summed E-state index contributed by atoms with van der Waals surface area (Å²) in [5.41, 5.74) is 2.27. The Kier molecular flexibility index (Phi) is 4.79. The minimum absolute atomic E-state index is 0.0317. The van der Waals surface area contributed by atoms with Crippen molar-refractivity contribution < 1.29 is 14.0 Å². The molecule has 0 bridgehead atoms. The van der Waals surface area contributed by atoms with Crippen LogP contribution in [0.3, 0.4) is 0 Å². The summed E-state index contributed by atoms with van der Waals surface area (Å²) < 4.78 is 7.93. The molecule has 0 amide bonds. The summed E-state index contributed by atoms with van der Waals surface area (Å²) >= 11 is 0. The van der Waals surface area contributed by atoms with E-state index in [0.29, 0.717) is 6.61 Å². The second-order valence-electron chi connectivity index (χ2n) is 7.94. The summed E-state index contributed by atoms with van der Waals surface area (Å²) in [6, 6.07) is 8.44. The molecule has 0 aromatic carbocycles. The average molecular weight is 315 g/mol. The molecule has 0 aliphatic carbocycles. The van der Waals surface area contributed by atoms with Gasteiger partial charge in [0.15, 0.2) is 6.61 Å². The van der Waals surface area contributed by atoms with Gasteiger partial charge in [0.25, 0.3) is 0 Å². The van der Waals surface area contributed by atoms with Gasteiger partial charge < -0.3 is 0 Å². The molecule has 0 fully saturated rings. The molecular formula is C20H29NO2+2. The smallest absolute Gasteiger partial charge is 0.272 e. The van der Waals surface area contributed by atoms with E-state index in [-0.39, 0.29) is 10.8 Å². The van der Waals surface area contributed by atoms with E-state index in [1.54, 1.807) is 4.73 Å². The Morgan fingerprint density at radius 1 is 0.870 bits per heavy atom. The van der Waals surface area contributed by atoms with Crippen molar-refractivity contribution in [3.05, 3.63) is 48.2 Å². The Balaban J connectivity index is 2.52. The molecule has 0 atom stereocenters. The van der Waals surface area contributed by atoms with E-state index in [0.717, 1.165) is 17.1 Å². The molecule has 0 aliphatic rings. The molecule has 0 saturated heterocycles. The molecule has 0 saturated carbocycles. The topological polar surface area (TPSA) is 24.4 Å². The van der Waals surface area contributed by atoms with Gasteiger partial charge in [0.1, 0.15) is 0 Å². The lowest BCUT2D eigenvalue weighted by atomic mass is 9.88. The van der Waals surface area contributed by atoms with Crippen LogP contribution in [0.15, 0.2) is 41.1 Å². The molecule has 124 valence electrons. The second-order valence-corrected chi connectivity index (χ2v) is 7.94. The standard InChI is InChI=1S/C20H29NO2/c1-8-22-21-11-9-15(10-12-21)16-13-17(19(2,3)4)23-18(14-16)20(5,6)7/h9-14H,8H2,1-7H3/q+2. The van der Waals surface area contributed by atoms with Gasteiger partial charge in [0.2, 0.25) is 12.4 Å². The van der Waals surface area contributed by atoms with Gasteiger partial charge in [-0.1, -0.05) is 0 Å². The van der Waals surface area contributed by atoms with Crippen LogP contribution in [0.1, 0.15) is 60.0 Å². The molecule has 0 radical (unpaired) electrons. The maximum atomic E-state index is 6.20. The normalized spacial score (nSPS) is 12.3. The second kappa shape index (κ2) is 6.31. The summed E-state index contributed by atoms with van der Waals surface area (Å²) in [5.74, 6) is 2.00. The molecule has 2 aromatic heterocycles. The van der Waals surface area contributed by atoms with Gasteiger partial charge in [-0.05, 0) is 54.0 Å². The molecule has 0 aliphatic heterocycles. The molecule has 0 unspecified atom stereocenters. The van der Waals surface area contributed by atoms with Crippen LogP contribution in [0, 0.1) is 0 Å². The third kappa shape index (κ3) is 4.31. The van der Waals surface area contributed by atoms with Gasteiger partial charge in [0.05, 0.1) is 10.8 Å². The SMILES string of the molecule is CCO[n+]1ccc(-c2cc(C(C)(C)C)[o+]c(C(C)(C)C)c2)cc1. The molecule has 3 nitrogen and oxygen atoms in total. The van der Waals surface area contributed by atoms with Crippen LogP contribution in [0.25, 0.3) is 11.1 Å². The predicted octanol–water partition coefficient (Wildman–Crippen LogP) is 4.56. The van der Waals surface area contributed by atoms with Crippen molar-refractivity contribution in [1.82, 2.24) is 0 Å². The Morgan fingerprint density at radius 2 is 1.35 bits per heavy atom. The molecular weight excluding hydrogens is 286 g/mol. The number of hydrogen-bond donors (Lipinski definition) is 0. The van der Waals surface area contributed by atoms with Gasteiger partial charge >= 0.3 is 11.5 Å². The monoisotopic (exact) mass is 315 g/mol. The largest absolute Gasteiger partial charge is 0.335 e. The third-order valence-corrected chi connectivity index (χ3v) is 3.69. The first-order valence-electron chi connectivity index (χ1n) is 8.25. The number of aromatic nitrogens is 1. The van der Waals surface area contributed by atoms with Crippen molar-refractivity contribution in [3.63, 3.8) is 0 Å². The first-order valence-corrected chi connectivity index (χ1v) is 8.25. The first-order chi connectivity index (χ1) is 10.6. The van der Waals surface area contributed by atoms with Crippen LogP contribution in [0.2, 0.25) is 0 Å². The highest BCUT2D eigenvalue weighted by Gasteiger charge is 2.34. The fourth-order valence-electron chi connectivity index (χ4n) is 2.25. The van der Waals surface area contributed by atoms with Gasteiger partial charge in [-0.25, -0.2) is 4.42 Å². The van der Waals surface area contributed by atoms with Crippen LogP contribution in [0.4, 0.5) is 0 Å². The molecule has 0 N–H and O–H groups in total. The zero-order valence-electron chi connectivity index (χ0n) is 15.4. The molecule has 23 heavy (non-hydrogen) atoms. The highest BCUT2D eigenvalue weighted by atomic mass is 16.7. The van der Waals surface area contributed by atoms with Gasteiger partial charge in [-0.15, -0.1) is 0 Å². The van der Waals surface area contributed by atoms with E-state index in [4.69, 9.17) is 9.25 Å². The van der Waals surface area contributed by atoms with E-state index < -0.39 is 0 Å². The van der Waals surface area contributed by atoms with Crippen molar-refractivity contribution in [2.45, 2.75) is 59.3 Å². The number of rotatable bonds is 3. The van der Waals surface area contributed by atoms with Gasteiger partial charge in [-0.3, -0.25) is 4.84 Å². The van der Waals surface area contributed by atoms with E-state index in [1.165, 1.54) is 5.56 Å². The highest BCUT2D eigenvalue weighted by Crippen LogP contribution is 2.33. The average Bonchev–Trinajstić information content (AvgIpc) is 2.46. The Hall–Kier alpha value is -1.90. The van der Waals surface area contributed by atoms with E-state index >= 15 is 0 Å². The molecule has 3 heteroatoms. The van der Waals surface area contributed by atoms with Crippen molar-refractivity contribution in [2.24, 2.45) is 0 Å². The van der Waals surface area contributed by atoms with E-state index in [2.05, 4.69) is 65.8 Å². The summed E-state index contributed by atoms with van der Waals surface area (Å²) in [6.45, 7) is 15.7. The summed E-state index contributed by atoms with van der Waals surface area (Å²) in [4.78, 5) is 5.45. The summed E-state index contributed by atoms with van der Waals surface area (Å²) in [7, 11) is 0. The van der Waals surface area contributed by atoms with Crippen LogP contribution < -0.4 is 9.57 Å². The van der Waals surface area contributed by atoms with Gasteiger partial charge in [-0.2, -0.15) is 0 Å². The minimum atomic E-state index is -0.0317. The van der Waals surface area contributed by atoms with Crippen LogP contribution in [-0.4, -0.2) is 6.61 Å². The summed E-state index contributed by atoms with van der Waals surface area (Å²) in [6.07, 6.45) is 3.88. The van der Waals surface area contributed by atoms with Crippen molar-refractivity contribution >= 4 is 0 Å². The molecule has 0 spiro atoms. The lowest BCUT2D eigenvalue weighted by molar-refractivity contribution is -0.890. The number of pyridine rings is 1. The fourth-order valence-corrected chi connectivity index (χ4v) is 2.25. The lowest BCUT2D eigenvalue weighted by Gasteiger charge is -2.15. The minimum Gasteiger partial charge on any atom is -0.272 e. The zero-order valence-corrected chi connectivity index (χ0v) is 15.4. The molecule has 2 aromatic rings. The van der Waals surface area contributed by atoms with E-state index in [9.17, 15) is 0 Å². The first kappa shape index (κ1) is 17.5. The highest BCUT2D eigenvalue weighted by molar-refractivity contribution is 5.63. The number of hydrogen-bond acceptors (Lipinski definition) is 1. The van der Waals surface area contributed by atoms with Crippen LogP contribution in [-0.2, 0) is 10.8 Å². The zero-order chi connectivity index (χ0) is 17.3. The Bertz CT molecular complexity index is 629. The quantitative estimate of drug-likeness (QED) is 0.612. The van der Waals surface area contributed by atoms with Crippen molar-refractivity contribution in [1.29, 1.82) is 0 Å². The van der Waals surface area contributed by atoms with E-state index in [1.807, 2.05) is 19.3 Å². The lowest BCUT2D eigenvalue weighted by Crippen LogP contribution is -2.41. The summed E-state index contributed by atoms with van der Waals surface area (Å²) in [5, 5.41) is 0. The maximum Gasteiger partial charge on any atom is 0.335 e. The maximum absolute atomic E-state index is 6.20. The Labute approximate surface area is 139 Å². The molecule has 2 heterocycles. The van der Waals surface area contributed by atoms with Crippen molar-refractivity contribution in [2.75, 3.05) is 6.61 Å². The molecule has 2 rings (SSSR count). The number of nitrogens with zero attached hydrogens (tertiary/aromatic N) is 1. The predicted molar refractivity (Wildman–Crippen MR) is 93.3 cm³/mol. The van der Waals surface area contributed by atoms with Crippen LogP contribution >= 0.6 is 0 Å².